The van der Waals surface area contributed by atoms with Crippen molar-refractivity contribution in [2.75, 3.05) is 26.7 Å². The smallest absolute Gasteiger partial charge is 0.387 e. The van der Waals surface area contributed by atoms with Gasteiger partial charge in [-0.25, -0.2) is 4.39 Å². The third-order valence-corrected chi connectivity index (χ3v) is 8.14. The number of aromatic nitrogens is 4. The fourth-order valence-corrected chi connectivity index (χ4v) is 5.66. The van der Waals surface area contributed by atoms with E-state index in [0.29, 0.717) is 46.1 Å². The number of nitrogens with zero attached hydrogens (tertiary/aromatic N) is 6. The minimum atomic E-state index is -3.26. The summed E-state index contributed by atoms with van der Waals surface area (Å²) in [6.07, 6.45) is 5.94. The number of ether oxygens (including phenoxy) is 2. The highest BCUT2D eigenvalue weighted by molar-refractivity contribution is 6.03. The van der Waals surface area contributed by atoms with Crippen LogP contribution in [0, 0.1) is 11.3 Å². The van der Waals surface area contributed by atoms with E-state index >= 15 is 0 Å². The van der Waals surface area contributed by atoms with E-state index < -0.39 is 23.9 Å². The van der Waals surface area contributed by atoms with E-state index in [2.05, 4.69) is 21.6 Å². The van der Waals surface area contributed by atoms with Crippen molar-refractivity contribution in [3.05, 3.63) is 47.8 Å². The molecule has 2 fully saturated rings. The zero-order valence-corrected chi connectivity index (χ0v) is 24.6. The lowest BCUT2D eigenvalue weighted by Crippen LogP contribution is -2.31. The highest BCUT2D eigenvalue weighted by Crippen LogP contribution is 2.41. The van der Waals surface area contributed by atoms with Crippen molar-refractivity contribution in [1.29, 1.82) is 5.26 Å². The molecule has 2 aromatic carbocycles. The fraction of sp³-hybridized carbons (Fsp3) is 0.387. The topological polar surface area (TPSA) is 127 Å². The summed E-state index contributed by atoms with van der Waals surface area (Å²) in [4.78, 5) is 27.4. The molecule has 2 amide bonds. The molecule has 4 aromatic rings. The Hall–Kier alpha value is -5.06. The van der Waals surface area contributed by atoms with Crippen molar-refractivity contribution in [3.63, 3.8) is 0 Å². The van der Waals surface area contributed by atoms with Crippen LogP contribution in [0.15, 0.2) is 36.7 Å². The number of methoxy groups -OCH3 is 1. The molecule has 1 aliphatic heterocycles. The number of fused-ring (bicyclic) bond motifs is 1. The number of carbonyl (C=O) groups excluding carboxylic acids is 2. The van der Waals surface area contributed by atoms with Gasteiger partial charge in [0.1, 0.15) is 29.3 Å². The summed E-state index contributed by atoms with van der Waals surface area (Å²) in [5, 5.41) is 22.0. The van der Waals surface area contributed by atoms with Gasteiger partial charge in [0.05, 0.1) is 42.7 Å². The Kier molecular flexibility index (Phi) is 7.86. The van der Waals surface area contributed by atoms with Gasteiger partial charge in [-0.1, -0.05) is 0 Å². The number of amides is 2. The van der Waals surface area contributed by atoms with Crippen LogP contribution in [0.1, 0.15) is 41.6 Å². The Morgan fingerprint density at radius 3 is 2.51 bits per heavy atom. The van der Waals surface area contributed by atoms with Gasteiger partial charge >= 0.3 is 6.61 Å². The van der Waals surface area contributed by atoms with Crippen LogP contribution in [0.3, 0.4) is 0 Å². The third-order valence-electron chi connectivity index (χ3n) is 8.14. The number of halogens is 3. The van der Waals surface area contributed by atoms with Gasteiger partial charge in [0.2, 0.25) is 5.91 Å². The Labute approximate surface area is 256 Å². The summed E-state index contributed by atoms with van der Waals surface area (Å²) >= 11 is 0. The van der Waals surface area contributed by atoms with E-state index in [9.17, 15) is 28.0 Å². The van der Waals surface area contributed by atoms with E-state index in [-0.39, 0.29) is 35.9 Å². The minimum Gasteiger partial charge on any atom is -0.496 e. The number of rotatable bonds is 10. The number of carbonyl (C=O) groups is 2. The maximum Gasteiger partial charge on any atom is 0.387 e. The van der Waals surface area contributed by atoms with Crippen molar-refractivity contribution in [1.82, 2.24) is 29.8 Å². The molecule has 3 heterocycles. The third kappa shape index (κ3) is 6.02. The molecule has 11 nitrogen and oxygen atoms in total. The number of aryl methyl sites for hydroxylation is 1. The second-order valence-corrected chi connectivity index (χ2v) is 11.3. The second-order valence-electron chi connectivity index (χ2n) is 11.3. The molecule has 1 saturated carbocycles. The number of nitriles is 1. The van der Waals surface area contributed by atoms with Gasteiger partial charge in [-0.05, 0) is 55.5 Å². The zero-order chi connectivity index (χ0) is 31.9. The Morgan fingerprint density at radius 1 is 1.11 bits per heavy atom. The molecule has 14 heteroatoms. The van der Waals surface area contributed by atoms with Crippen LogP contribution in [-0.2, 0) is 18.4 Å². The molecule has 2 aliphatic rings. The number of nitrogens with one attached hydrogen (secondary N) is 1. The molecule has 2 aromatic heterocycles. The SMILES string of the molecule is COc1cc(-c2c3c(C#N)cc(-c4cnn(CC(=O)N5CCCC5)c4)cc3nn2C)cc(OC(F)F)c1C(=O)NCC1(F)CC1. The first-order valence-corrected chi connectivity index (χ1v) is 14.4. The molecule has 1 saturated heterocycles. The highest BCUT2D eigenvalue weighted by Gasteiger charge is 2.43. The van der Waals surface area contributed by atoms with Crippen LogP contribution < -0.4 is 14.8 Å². The highest BCUT2D eigenvalue weighted by atomic mass is 19.3. The van der Waals surface area contributed by atoms with Crippen molar-refractivity contribution < 1.29 is 32.2 Å². The van der Waals surface area contributed by atoms with Gasteiger partial charge < -0.3 is 19.7 Å². The Balaban J connectivity index is 1.37. The van der Waals surface area contributed by atoms with Gasteiger partial charge in [-0.2, -0.15) is 24.2 Å². The van der Waals surface area contributed by atoms with Gasteiger partial charge in [-0.3, -0.25) is 19.0 Å². The van der Waals surface area contributed by atoms with Crippen LogP contribution in [0.5, 0.6) is 11.5 Å². The van der Waals surface area contributed by atoms with Crippen molar-refractivity contribution in [2.45, 2.75) is 44.5 Å². The number of likely N-dealkylation sites (tertiary alicyclic amines) is 1. The zero-order valence-electron chi connectivity index (χ0n) is 24.6. The summed E-state index contributed by atoms with van der Waals surface area (Å²) in [5.74, 6) is -1.38. The lowest BCUT2D eigenvalue weighted by molar-refractivity contribution is -0.130. The van der Waals surface area contributed by atoms with Gasteiger partial charge in [0.25, 0.3) is 5.91 Å². The van der Waals surface area contributed by atoms with Gasteiger partial charge in [-0.15, -0.1) is 0 Å². The molecular weight excluding hydrogens is 591 g/mol. The summed E-state index contributed by atoms with van der Waals surface area (Å²) < 4.78 is 54.4. The summed E-state index contributed by atoms with van der Waals surface area (Å²) in [7, 11) is 2.90. The van der Waals surface area contributed by atoms with Crippen molar-refractivity contribution >= 4 is 22.7 Å². The monoisotopic (exact) mass is 621 g/mol. The maximum atomic E-state index is 14.2. The second kappa shape index (κ2) is 11.8. The van der Waals surface area contributed by atoms with E-state index in [1.165, 1.54) is 23.9 Å². The molecule has 234 valence electrons. The van der Waals surface area contributed by atoms with Crippen LogP contribution in [0.25, 0.3) is 33.3 Å². The van der Waals surface area contributed by atoms with E-state index in [4.69, 9.17) is 9.47 Å². The number of alkyl halides is 3. The maximum absolute atomic E-state index is 14.2. The lowest BCUT2D eigenvalue weighted by Gasteiger charge is -2.17. The van der Waals surface area contributed by atoms with E-state index in [1.54, 1.807) is 36.3 Å². The molecule has 0 unspecified atom stereocenters. The normalized spacial score (nSPS) is 15.4. The standard InChI is InChI=1S/C31H30F3N7O4/c1-39-28(19-11-23(44-2)27(24(12-19)45-30(32)33)29(43)36-17-31(34)5-6-31)26-20(13-35)9-18(10-22(26)38-39)21-14-37-41(15-21)16-25(42)40-7-3-4-8-40/h9-12,14-15,30H,3-8,16-17H2,1-2H3,(H,36,43). The molecule has 0 radical (unpaired) electrons. The fourth-order valence-electron chi connectivity index (χ4n) is 5.66. The largest absolute Gasteiger partial charge is 0.496 e. The average molecular weight is 622 g/mol. The molecule has 0 atom stereocenters. The van der Waals surface area contributed by atoms with Crippen LogP contribution >= 0.6 is 0 Å². The first kappa shape index (κ1) is 30.0. The van der Waals surface area contributed by atoms with Crippen LogP contribution in [-0.4, -0.2) is 75.3 Å². The molecule has 6 rings (SSSR count). The predicted octanol–water partition coefficient (Wildman–Crippen LogP) is 4.44. The van der Waals surface area contributed by atoms with Gasteiger partial charge in [0.15, 0.2) is 0 Å². The average Bonchev–Trinajstić information content (AvgIpc) is 3.41. The number of benzene rings is 2. The molecule has 1 N–H and O–H groups in total. The Morgan fingerprint density at radius 2 is 1.84 bits per heavy atom. The molecule has 0 spiro atoms. The van der Waals surface area contributed by atoms with Crippen molar-refractivity contribution in [3.8, 4) is 40.0 Å². The summed E-state index contributed by atoms with van der Waals surface area (Å²) in [6.45, 7) is -1.93. The number of hydrogen-bond acceptors (Lipinski definition) is 7. The minimum absolute atomic E-state index is 0.00644. The van der Waals surface area contributed by atoms with E-state index in [0.717, 1.165) is 25.9 Å². The molecule has 45 heavy (non-hydrogen) atoms. The molecule has 0 bridgehead atoms. The lowest BCUT2D eigenvalue weighted by atomic mass is 9.97. The number of hydrogen-bond donors (Lipinski definition) is 1. The summed E-state index contributed by atoms with van der Waals surface area (Å²) in [6, 6.07) is 8.34. The Bertz CT molecular complexity index is 1830. The first-order valence-electron chi connectivity index (χ1n) is 14.4. The molecule has 1 aliphatic carbocycles. The van der Waals surface area contributed by atoms with Crippen molar-refractivity contribution in [2.24, 2.45) is 7.05 Å². The first-order chi connectivity index (χ1) is 21.6. The molecular formula is C31H30F3N7O4. The van der Waals surface area contributed by atoms with Gasteiger partial charge in [0, 0.05) is 42.8 Å². The summed E-state index contributed by atoms with van der Waals surface area (Å²) in [5.41, 5.74) is 0.905. The van der Waals surface area contributed by atoms with E-state index in [1.807, 2.05) is 4.90 Å². The van der Waals surface area contributed by atoms with Crippen LogP contribution in [0.2, 0.25) is 0 Å². The predicted molar refractivity (Wildman–Crippen MR) is 156 cm³/mol. The van der Waals surface area contributed by atoms with Crippen LogP contribution in [0.4, 0.5) is 13.2 Å². The quantitative estimate of drug-likeness (QED) is 0.277.